The van der Waals surface area contributed by atoms with Gasteiger partial charge in [0.05, 0.1) is 0 Å². The summed E-state index contributed by atoms with van der Waals surface area (Å²) in [4.78, 5) is 0. The Morgan fingerprint density at radius 3 is 1.45 bits per heavy atom. The van der Waals surface area contributed by atoms with Gasteiger partial charge in [-0.15, -0.1) is 0 Å². The van der Waals surface area contributed by atoms with Crippen LogP contribution in [0, 0.1) is 55.4 Å². The minimum Gasteiger partial charge on any atom is -0.456 e. The molecular formula is C55H48O. The number of rotatable bonds is 3. The SMILES string of the molecule is Cc1c(C)c(C)c2c(-c3cccc4c3-c3ccccc3C4(C)C)c3c(C)c(C)c(C)c(C)c3c(-c3ccc(-c4cccc5oc6ccccc6c45)cc3)c2c1C. The second-order valence-electron chi connectivity index (χ2n) is 17.0. The van der Waals surface area contributed by atoms with Gasteiger partial charge in [0, 0.05) is 16.2 Å². The van der Waals surface area contributed by atoms with E-state index in [4.69, 9.17) is 4.42 Å². The van der Waals surface area contributed by atoms with Gasteiger partial charge in [0.1, 0.15) is 11.2 Å². The largest absolute Gasteiger partial charge is 0.456 e. The molecule has 10 rings (SSSR count). The highest BCUT2D eigenvalue weighted by molar-refractivity contribution is 6.26. The zero-order valence-electron chi connectivity index (χ0n) is 34.3. The fourth-order valence-electron chi connectivity index (χ4n) is 10.5. The predicted molar refractivity (Wildman–Crippen MR) is 240 cm³/mol. The molecule has 0 saturated carbocycles. The van der Waals surface area contributed by atoms with E-state index in [1.807, 2.05) is 6.07 Å². The summed E-state index contributed by atoms with van der Waals surface area (Å²) < 4.78 is 6.30. The summed E-state index contributed by atoms with van der Waals surface area (Å²) in [7, 11) is 0. The quantitative estimate of drug-likeness (QED) is 0.165. The number of benzene rings is 8. The van der Waals surface area contributed by atoms with Crippen molar-refractivity contribution in [2.24, 2.45) is 0 Å². The molecule has 1 aliphatic carbocycles. The molecule has 0 fully saturated rings. The van der Waals surface area contributed by atoms with Gasteiger partial charge in [-0.05, 0) is 189 Å². The lowest BCUT2D eigenvalue weighted by Gasteiger charge is -2.28. The molecule has 1 aromatic heterocycles. The van der Waals surface area contributed by atoms with E-state index >= 15 is 0 Å². The van der Waals surface area contributed by atoms with Gasteiger partial charge in [-0.2, -0.15) is 0 Å². The van der Waals surface area contributed by atoms with E-state index in [2.05, 4.69) is 172 Å². The Morgan fingerprint density at radius 1 is 0.339 bits per heavy atom. The molecule has 56 heavy (non-hydrogen) atoms. The first kappa shape index (κ1) is 34.6. The number of hydrogen-bond donors (Lipinski definition) is 0. The van der Waals surface area contributed by atoms with Crippen LogP contribution in [0.2, 0.25) is 0 Å². The molecule has 1 heteroatoms. The van der Waals surface area contributed by atoms with Gasteiger partial charge in [-0.1, -0.05) is 111 Å². The predicted octanol–water partition coefficient (Wildman–Crippen LogP) is 15.7. The number of para-hydroxylation sites is 1. The molecule has 0 N–H and O–H groups in total. The summed E-state index contributed by atoms with van der Waals surface area (Å²) in [6.07, 6.45) is 0. The molecule has 274 valence electrons. The fraction of sp³-hybridized carbons (Fsp3) is 0.200. The third kappa shape index (κ3) is 4.49. The number of aryl methyl sites for hydroxylation is 4. The summed E-state index contributed by atoms with van der Waals surface area (Å²) in [5.74, 6) is 0. The van der Waals surface area contributed by atoms with Crippen molar-refractivity contribution in [2.75, 3.05) is 0 Å². The van der Waals surface area contributed by atoms with Gasteiger partial charge in [0.15, 0.2) is 0 Å². The lowest BCUT2D eigenvalue weighted by Crippen LogP contribution is -2.14. The average molecular weight is 725 g/mol. The Labute approximate surface area is 330 Å². The topological polar surface area (TPSA) is 13.1 Å². The minimum absolute atomic E-state index is 0.0861. The van der Waals surface area contributed by atoms with Crippen molar-refractivity contribution < 1.29 is 4.42 Å². The molecule has 0 radical (unpaired) electrons. The Morgan fingerprint density at radius 2 is 0.804 bits per heavy atom. The van der Waals surface area contributed by atoms with Crippen LogP contribution < -0.4 is 0 Å². The Hall–Kier alpha value is -5.92. The lowest BCUT2D eigenvalue weighted by atomic mass is 9.75. The monoisotopic (exact) mass is 724 g/mol. The van der Waals surface area contributed by atoms with E-state index in [0.717, 1.165) is 16.6 Å². The molecule has 0 atom stereocenters. The van der Waals surface area contributed by atoms with E-state index < -0.39 is 0 Å². The second-order valence-corrected chi connectivity index (χ2v) is 17.0. The zero-order valence-corrected chi connectivity index (χ0v) is 34.3. The van der Waals surface area contributed by atoms with Crippen LogP contribution in [0.25, 0.3) is 88.0 Å². The van der Waals surface area contributed by atoms with Crippen LogP contribution in [0.15, 0.2) is 114 Å². The normalized spacial score (nSPS) is 13.3. The van der Waals surface area contributed by atoms with Crippen LogP contribution in [0.4, 0.5) is 0 Å². The maximum atomic E-state index is 6.30. The molecule has 0 bridgehead atoms. The molecular weight excluding hydrogens is 677 g/mol. The van der Waals surface area contributed by atoms with Gasteiger partial charge in [-0.3, -0.25) is 0 Å². The van der Waals surface area contributed by atoms with Crippen molar-refractivity contribution in [3.63, 3.8) is 0 Å². The number of fused-ring (bicyclic) bond motifs is 8. The van der Waals surface area contributed by atoms with Crippen molar-refractivity contribution in [2.45, 2.75) is 74.7 Å². The molecule has 0 spiro atoms. The Kier molecular flexibility index (Phi) is 7.43. The third-order valence-corrected chi connectivity index (χ3v) is 14.1. The van der Waals surface area contributed by atoms with Crippen LogP contribution in [0.3, 0.4) is 0 Å². The van der Waals surface area contributed by atoms with E-state index in [0.29, 0.717) is 0 Å². The van der Waals surface area contributed by atoms with Crippen LogP contribution in [-0.4, -0.2) is 0 Å². The number of hydrogen-bond acceptors (Lipinski definition) is 1. The first-order valence-corrected chi connectivity index (χ1v) is 20.1. The first-order valence-electron chi connectivity index (χ1n) is 20.1. The van der Waals surface area contributed by atoms with Crippen molar-refractivity contribution in [1.82, 2.24) is 0 Å². The molecule has 0 aliphatic heterocycles. The molecule has 1 aliphatic rings. The second kappa shape index (κ2) is 12.0. The summed E-state index contributed by atoms with van der Waals surface area (Å²) in [5.41, 5.74) is 26.0. The Bertz CT molecular complexity index is 3080. The lowest BCUT2D eigenvalue weighted by molar-refractivity contribution is 0.660. The van der Waals surface area contributed by atoms with Crippen LogP contribution in [0.1, 0.15) is 69.5 Å². The van der Waals surface area contributed by atoms with Crippen molar-refractivity contribution in [1.29, 1.82) is 0 Å². The smallest absolute Gasteiger partial charge is 0.136 e. The molecule has 0 saturated heterocycles. The molecule has 1 heterocycles. The highest BCUT2D eigenvalue weighted by Gasteiger charge is 2.37. The van der Waals surface area contributed by atoms with Crippen molar-refractivity contribution >= 4 is 43.5 Å². The maximum absolute atomic E-state index is 6.30. The van der Waals surface area contributed by atoms with Crippen LogP contribution >= 0.6 is 0 Å². The highest BCUT2D eigenvalue weighted by atomic mass is 16.3. The van der Waals surface area contributed by atoms with Gasteiger partial charge in [-0.25, -0.2) is 0 Å². The molecule has 9 aromatic rings. The van der Waals surface area contributed by atoms with Crippen LogP contribution in [0.5, 0.6) is 0 Å². The molecule has 0 amide bonds. The van der Waals surface area contributed by atoms with Crippen molar-refractivity contribution in [3.8, 4) is 44.5 Å². The van der Waals surface area contributed by atoms with Gasteiger partial charge >= 0.3 is 0 Å². The Balaban J connectivity index is 1.35. The maximum Gasteiger partial charge on any atom is 0.136 e. The minimum atomic E-state index is -0.0861. The van der Waals surface area contributed by atoms with Gasteiger partial charge < -0.3 is 4.42 Å². The van der Waals surface area contributed by atoms with E-state index in [-0.39, 0.29) is 5.41 Å². The van der Waals surface area contributed by atoms with E-state index in [1.165, 1.54) is 127 Å². The standard InChI is InChI=1S/C55H48O/c1-29-31(3)35(7)49-47(33(29)5)51(38-27-25-37(26-28-38)39-19-16-24-46-53(39)41-18-12-14-23-45(41)56-46)48-34(6)30(2)32(4)36(8)50(48)54(49)42-20-15-22-44-52(42)40-17-11-13-21-43(40)55(44,9)10/h11-28H,1-10H3. The average Bonchev–Trinajstić information content (AvgIpc) is 3.72. The molecule has 0 unspecified atom stereocenters. The third-order valence-electron chi connectivity index (χ3n) is 14.1. The van der Waals surface area contributed by atoms with E-state index in [1.54, 1.807) is 0 Å². The van der Waals surface area contributed by atoms with Crippen LogP contribution in [-0.2, 0) is 5.41 Å². The summed E-state index contributed by atoms with van der Waals surface area (Å²) >= 11 is 0. The molecule has 1 nitrogen and oxygen atoms in total. The zero-order chi connectivity index (χ0) is 38.9. The highest BCUT2D eigenvalue weighted by Crippen LogP contribution is 2.56. The summed E-state index contributed by atoms with van der Waals surface area (Å²) in [6.45, 7) is 23.5. The van der Waals surface area contributed by atoms with Crippen molar-refractivity contribution in [3.05, 3.63) is 165 Å². The fourth-order valence-corrected chi connectivity index (χ4v) is 10.5. The summed E-state index contributed by atoms with van der Waals surface area (Å²) in [5, 5.41) is 7.84. The first-order chi connectivity index (χ1) is 26.9. The molecule has 8 aromatic carbocycles. The van der Waals surface area contributed by atoms with Gasteiger partial charge in [0.25, 0.3) is 0 Å². The van der Waals surface area contributed by atoms with E-state index in [9.17, 15) is 0 Å². The van der Waals surface area contributed by atoms with Gasteiger partial charge in [0.2, 0.25) is 0 Å². The number of furan rings is 1. The summed E-state index contributed by atoms with van der Waals surface area (Å²) in [6, 6.07) is 40.4.